The van der Waals surface area contributed by atoms with E-state index in [0.717, 1.165) is 24.1 Å². The molecule has 0 aliphatic rings. The summed E-state index contributed by atoms with van der Waals surface area (Å²) in [4.78, 5) is 12.0. The summed E-state index contributed by atoms with van der Waals surface area (Å²) in [6, 6.07) is 6.22. The summed E-state index contributed by atoms with van der Waals surface area (Å²) < 4.78 is 0. The highest BCUT2D eigenvalue weighted by Gasteiger charge is 2.12. The van der Waals surface area contributed by atoms with E-state index < -0.39 is 0 Å². The first-order valence-corrected chi connectivity index (χ1v) is 7.12. The number of carbonyl (C=O) groups is 1. The molecule has 3 nitrogen and oxygen atoms in total. The van der Waals surface area contributed by atoms with Crippen molar-refractivity contribution in [3.05, 3.63) is 29.3 Å². The minimum absolute atomic E-state index is 0.114. The maximum Gasteiger partial charge on any atom is 0.319 e. The molecule has 0 bridgehead atoms. The van der Waals surface area contributed by atoms with E-state index >= 15 is 0 Å². The van der Waals surface area contributed by atoms with Crippen LogP contribution >= 0.6 is 0 Å². The van der Waals surface area contributed by atoms with E-state index in [0.29, 0.717) is 5.92 Å². The van der Waals surface area contributed by atoms with Crippen molar-refractivity contribution in [2.75, 3.05) is 5.32 Å². The van der Waals surface area contributed by atoms with E-state index in [1.165, 1.54) is 5.56 Å². The fourth-order valence-corrected chi connectivity index (χ4v) is 2.22. The highest BCUT2D eigenvalue weighted by molar-refractivity contribution is 5.91. The summed E-state index contributed by atoms with van der Waals surface area (Å²) in [6.45, 7) is 10.4. The molecule has 0 radical (unpaired) electrons. The third-order valence-electron chi connectivity index (χ3n) is 3.26. The molecule has 0 unspecified atom stereocenters. The Bertz CT molecular complexity index is 427. The summed E-state index contributed by atoms with van der Waals surface area (Å²) in [5.41, 5.74) is 3.22. The summed E-state index contributed by atoms with van der Waals surface area (Å²) >= 11 is 0. The molecule has 1 atom stereocenters. The fourth-order valence-electron chi connectivity index (χ4n) is 2.22. The van der Waals surface area contributed by atoms with Gasteiger partial charge >= 0.3 is 6.03 Å². The van der Waals surface area contributed by atoms with Crippen molar-refractivity contribution in [1.82, 2.24) is 5.32 Å². The van der Waals surface area contributed by atoms with Gasteiger partial charge in [-0.3, -0.25) is 0 Å². The molecule has 106 valence electrons. The molecular formula is C16H26N2O. The molecule has 0 aliphatic carbocycles. The SMILES string of the molecule is CCC[C@H](C)NC(=O)Nc1c(C)cccc1C(C)C. The second-order valence-corrected chi connectivity index (χ2v) is 5.48. The topological polar surface area (TPSA) is 41.1 Å². The average Bonchev–Trinajstić information content (AvgIpc) is 2.31. The van der Waals surface area contributed by atoms with Crippen molar-refractivity contribution in [3.63, 3.8) is 0 Å². The van der Waals surface area contributed by atoms with Crippen LogP contribution in [0.3, 0.4) is 0 Å². The van der Waals surface area contributed by atoms with Gasteiger partial charge in [0.05, 0.1) is 0 Å². The van der Waals surface area contributed by atoms with Crippen molar-refractivity contribution in [3.8, 4) is 0 Å². The first kappa shape index (κ1) is 15.5. The van der Waals surface area contributed by atoms with E-state index in [4.69, 9.17) is 0 Å². The maximum atomic E-state index is 12.0. The molecular weight excluding hydrogens is 236 g/mol. The van der Waals surface area contributed by atoms with Gasteiger partial charge < -0.3 is 10.6 Å². The van der Waals surface area contributed by atoms with E-state index in [2.05, 4.69) is 37.5 Å². The normalized spacial score (nSPS) is 12.3. The minimum Gasteiger partial charge on any atom is -0.335 e. The number of para-hydroxylation sites is 1. The summed E-state index contributed by atoms with van der Waals surface area (Å²) in [5, 5.41) is 5.97. The van der Waals surface area contributed by atoms with Crippen LogP contribution in [0.2, 0.25) is 0 Å². The molecule has 19 heavy (non-hydrogen) atoms. The second-order valence-electron chi connectivity index (χ2n) is 5.48. The highest BCUT2D eigenvalue weighted by Crippen LogP contribution is 2.27. The lowest BCUT2D eigenvalue weighted by Crippen LogP contribution is -2.36. The molecule has 3 heteroatoms. The Morgan fingerprint density at radius 1 is 1.26 bits per heavy atom. The number of hydrogen-bond acceptors (Lipinski definition) is 1. The lowest BCUT2D eigenvalue weighted by atomic mass is 9.98. The Labute approximate surface area is 116 Å². The lowest BCUT2D eigenvalue weighted by Gasteiger charge is -2.18. The van der Waals surface area contributed by atoms with Crippen LogP contribution in [-0.2, 0) is 0 Å². The van der Waals surface area contributed by atoms with Crippen LogP contribution in [0.5, 0.6) is 0 Å². The number of rotatable bonds is 5. The zero-order chi connectivity index (χ0) is 14.4. The Morgan fingerprint density at radius 3 is 2.53 bits per heavy atom. The van der Waals surface area contributed by atoms with Crippen molar-refractivity contribution in [1.29, 1.82) is 0 Å². The molecule has 1 aromatic rings. The smallest absolute Gasteiger partial charge is 0.319 e. The van der Waals surface area contributed by atoms with Crippen molar-refractivity contribution in [2.24, 2.45) is 0 Å². The molecule has 0 spiro atoms. The van der Waals surface area contributed by atoms with Crippen LogP contribution in [0.1, 0.15) is 57.6 Å². The number of benzene rings is 1. The van der Waals surface area contributed by atoms with E-state index in [9.17, 15) is 4.79 Å². The molecule has 0 heterocycles. The van der Waals surface area contributed by atoms with Crippen LogP contribution in [0.4, 0.5) is 10.5 Å². The van der Waals surface area contributed by atoms with E-state index in [1.807, 2.05) is 26.0 Å². The Balaban J connectivity index is 2.79. The Hall–Kier alpha value is -1.51. The van der Waals surface area contributed by atoms with Gasteiger partial charge in [0.1, 0.15) is 0 Å². The first-order chi connectivity index (χ1) is 8.95. The summed E-state index contributed by atoms with van der Waals surface area (Å²) in [6.07, 6.45) is 2.07. The third-order valence-corrected chi connectivity index (χ3v) is 3.26. The van der Waals surface area contributed by atoms with Gasteiger partial charge in [0.25, 0.3) is 0 Å². The molecule has 0 fully saturated rings. The molecule has 2 amide bonds. The molecule has 0 aliphatic heterocycles. The zero-order valence-electron chi connectivity index (χ0n) is 12.7. The van der Waals surface area contributed by atoms with Gasteiger partial charge in [-0.2, -0.15) is 0 Å². The Kier molecular flexibility index (Phi) is 5.87. The molecule has 0 saturated carbocycles. The maximum absolute atomic E-state index is 12.0. The number of aryl methyl sites for hydroxylation is 1. The number of amides is 2. The van der Waals surface area contributed by atoms with Gasteiger partial charge in [0.15, 0.2) is 0 Å². The quantitative estimate of drug-likeness (QED) is 0.810. The van der Waals surface area contributed by atoms with Gasteiger partial charge in [0.2, 0.25) is 0 Å². The number of hydrogen-bond donors (Lipinski definition) is 2. The van der Waals surface area contributed by atoms with Gasteiger partial charge in [-0.15, -0.1) is 0 Å². The minimum atomic E-state index is -0.114. The molecule has 1 aromatic carbocycles. The predicted octanol–water partition coefficient (Wildman–Crippen LogP) is 4.43. The van der Waals surface area contributed by atoms with Gasteiger partial charge in [0, 0.05) is 11.7 Å². The highest BCUT2D eigenvalue weighted by atomic mass is 16.2. The number of urea groups is 1. The number of carbonyl (C=O) groups excluding carboxylic acids is 1. The zero-order valence-corrected chi connectivity index (χ0v) is 12.7. The van der Waals surface area contributed by atoms with Gasteiger partial charge in [-0.1, -0.05) is 45.4 Å². The summed E-state index contributed by atoms with van der Waals surface area (Å²) in [7, 11) is 0. The van der Waals surface area contributed by atoms with Crippen molar-refractivity contribution < 1.29 is 4.79 Å². The van der Waals surface area contributed by atoms with Crippen molar-refractivity contribution >= 4 is 11.7 Å². The number of anilines is 1. The van der Waals surface area contributed by atoms with Gasteiger partial charge in [-0.25, -0.2) is 4.79 Å². The lowest BCUT2D eigenvalue weighted by molar-refractivity contribution is 0.248. The standard InChI is InChI=1S/C16H26N2O/c1-6-8-13(5)17-16(19)18-15-12(4)9-7-10-14(15)11(2)3/h7,9-11,13H,6,8H2,1-5H3,(H2,17,18,19)/t13-/m0/s1. The molecule has 1 rings (SSSR count). The predicted molar refractivity (Wildman–Crippen MR) is 81.8 cm³/mol. The van der Waals surface area contributed by atoms with E-state index in [-0.39, 0.29) is 12.1 Å². The third kappa shape index (κ3) is 4.58. The monoisotopic (exact) mass is 262 g/mol. The van der Waals surface area contributed by atoms with Crippen LogP contribution in [0.15, 0.2) is 18.2 Å². The second kappa shape index (κ2) is 7.17. The first-order valence-electron chi connectivity index (χ1n) is 7.12. The molecule has 0 aromatic heterocycles. The van der Waals surface area contributed by atoms with Gasteiger partial charge in [-0.05, 0) is 37.3 Å². The largest absolute Gasteiger partial charge is 0.335 e. The van der Waals surface area contributed by atoms with Crippen LogP contribution < -0.4 is 10.6 Å². The van der Waals surface area contributed by atoms with Crippen LogP contribution in [0.25, 0.3) is 0 Å². The fraction of sp³-hybridized carbons (Fsp3) is 0.562. The van der Waals surface area contributed by atoms with Crippen LogP contribution in [-0.4, -0.2) is 12.1 Å². The molecule has 0 saturated heterocycles. The van der Waals surface area contributed by atoms with Crippen LogP contribution in [0, 0.1) is 6.92 Å². The summed E-state index contributed by atoms with van der Waals surface area (Å²) in [5.74, 6) is 0.392. The van der Waals surface area contributed by atoms with Crippen molar-refractivity contribution in [2.45, 2.75) is 59.4 Å². The molecule has 2 N–H and O–H groups in total. The number of nitrogens with one attached hydrogen (secondary N) is 2. The average molecular weight is 262 g/mol. The Morgan fingerprint density at radius 2 is 1.95 bits per heavy atom. The van der Waals surface area contributed by atoms with E-state index in [1.54, 1.807) is 0 Å².